The van der Waals surface area contributed by atoms with Crippen LogP contribution in [0.1, 0.15) is 33.1 Å². The normalized spacial score (nSPS) is 34.2. The van der Waals surface area contributed by atoms with Crippen molar-refractivity contribution < 1.29 is 23.9 Å². The summed E-state index contributed by atoms with van der Waals surface area (Å²) >= 11 is 0. The van der Waals surface area contributed by atoms with Crippen LogP contribution in [0.2, 0.25) is 0 Å². The van der Waals surface area contributed by atoms with Crippen molar-refractivity contribution in [2.75, 3.05) is 6.61 Å². The molecule has 0 saturated heterocycles. The summed E-state index contributed by atoms with van der Waals surface area (Å²) in [7, 11) is 0. The van der Waals surface area contributed by atoms with Gasteiger partial charge in [-0.25, -0.2) is 4.79 Å². The summed E-state index contributed by atoms with van der Waals surface area (Å²) in [6.45, 7) is 3.55. The second-order valence-electron chi connectivity index (χ2n) is 5.11. The minimum atomic E-state index is -1.21. The fourth-order valence-corrected chi connectivity index (χ4v) is 2.88. The van der Waals surface area contributed by atoms with E-state index in [4.69, 9.17) is 9.47 Å². The van der Waals surface area contributed by atoms with Gasteiger partial charge in [0.1, 0.15) is 17.3 Å². The molecule has 3 atom stereocenters. The van der Waals surface area contributed by atoms with E-state index in [1.54, 1.807) is 19.9 Å². The molecule has 5 heteroatoms. The van der Waals surface area contributed by atoms with Crippen LogP contribution in [0.5, 0.6) is 0 Å². The van der Waals surface area contributed by atoms with E-state index in [0.717, 1.165) is 0 Å². The van der Waals surface area contributed by atoms with Crippen LogP contribution < -0.4 is 0 Å². The maximum atomic E-state index is 12.2. The summed E-state index contributed by atoms with van der Waals surface area (Å²) in [5.41, 5.74) is -1.21. The first-order valence-electron chi connectivity index (χ1n) is 6.59. The molecule has 0 N–H and O–H groups in total. The molecule has 5 nitrogen and oxygen atoms in total. The Morgan fingerprint density at radius 1 is 1.53 bits per heavy atom. The Bertz CT molecular complexity index is 439. The third kappa shape index (κ3) is 2.29. The first-order valence-corrected chi connectivity index (χ1v) is 6.59. The fourth-order valence-electron chi connectivity index (χ4n) is 2.88. The van der Waals surface area contributed by atoms with Crippen LogP contribution in [0.4, 0.5) is 0 Å². The van der Waals surface area contributed by atoms with Crippen molar-refractivity contribution in [3.8, 4) is 0 Å². The predicted octanol–water partition coefficient (Wildman–Crippen LogP) is 1.41. The van der Waals surface area contributed by atoms with Crippen molar-refractivity contribution in [2.45, 2.75) is 39.2 Å². The number of esters is 2. The molecule has 0 aromatic rings. The molecule has 1 fully saturated rings. The molecule has 1 aliphatic carbocycles. The van der Waals surface area contributed by atoms with Gasteiger partial charge in [0.15, 0.2) is 0 Å². The van der Waals surface area contributed by atoms with Gasteiger partial charge in [-0.05, 0) is 32.8 Å². The zero-order chi connectivity index (χ0) is 14.0. The van der Waals surface area contributed by atoms with Gasteiger partial charge in [0, 0.05) is 18.4 Å². The number of carbonyl (C=O) groups is 3. The van der Waals surface area contributed by atoms with E-state index < -0.39 is 23.5 Å². The SMILES string of the molecule is CCOC(=O)[C@]1(C)C(=O)CCC[C@@H]1[C@H]1C=CC(=O)O1. The highest BCUT2D eigenvalue weighted by Gasteiger charge is 2.54. The van der Waals surface area contributed by atoms with Crippen LogP contribution in [-0.2, 0) is 23.9 Å². The van der Waals surface area contributed by atoms with E-state index in [9.17, 15) is 14.4 Å². The first kappa shape index (κ1) is 13.8. The lowest BCUT2D eigenvalue weighted by molar-refractivity contribution is -0.170. The highest BCUT2D eigenvalue weighted by atomic mass is 16.6. The second kappa shape index (κ2) is 5.15. The molecule has 1 heterocycles. The molecule has 0 radical (unpaired) electrons. The maximum absolute atomic E-state index is 12.2. The van der Waals surface area contributed by atoms with Gasteiger partial charge in [-0.2, -0.15) is 0 Å². The van der Waals surface area contributed by atoms with Crippen molar-refractivity contribution >= 4 is 17.7 Å². The minimum absolute atomic E-state index is 0.126. The molecule has 19 heavy (non-hydrogen) atoms. The van der Waals surface area contributed by atoms with Crippen LogP contribution >= 0.6 is 0 Å². The van der Waals surface area contributed by atoms with Gasteiger partial charge >= 0.3 is 11.9 Å². The summed E-state index contributed by atoms with van der Waals surface area (Å²) in [6, 6.07) is 0. The van der Waals surface area contributed by atoms with Crippen molar-refractivity contribution in [2.24, 2.45) is 11.3 Å². The Hall–Kier alpha value is -1.65. The lowest BCUT2D eigenvalue weighted by Crippen LogP contribution is -2.50. The molecule has 0 spiro atoms. The number of ether oxygens (including phenoxy) is 2. The smallest absolute Gasteiger partial charge is 0.331 e. The molecule has 0 aromatic heterocycles. The summed E-state index contributed by atoms with van der Waals surface area (Å²) in [6.07, 6.45) is 4.21. The minimum Gasteiger partial charge on any atom is -0.465 e. The van der Waals surface area contributed by atoms with Crippen LogP contribution in [0.15, 0.2) is 12.2 Å². The van der Waals surface area contributed by atoms with Crippen molar-refractivity contribution in [3.05, 3.63) is 12.2 Å². The fraction of sp³-hybridized carbons (Fsp3) is 0.643. The number of cyclic esters (lactones) is 1. The molecule has 2 aliphatic rings. The van der Waals surface area contributed by atoms with Crippen molar-refractivity contribution in [3.63, 3.8) is 0 Å². The highest BCUT2D eigenvalue weighted by Crippen LogP contribution is 2.43. The Morgan fingerprint density at radius 3 is 2.84 bits per heavy atom. The van der Waals surface area contributed by atoms with Gasteiger partial charge in [0.05, 0.1) is 6.61 Å². The van der Waals surface area contributed by atoms with Gasteiger partial charge in [-0.3, -0.25) is 9.59 Å². The largest absolute Gasteiger partial charge is 0.465 e. The van der Waals surface area contributed by atoms with E-state index in [1.807, 2.05) is 0 Å². The third-order valence-electron chi connectivity index (χ3n) is 4.01. The summed E-state index contributed by atoms with van der Waals surface area (Å²) in [5.74, 6) is -1.40. The quantitative estimate of drug-likeness (QED) is 0.570. The highest BCUT2D eigenvalue weighted by molar-refractivity contribution is 6.04. The molecule has 1 aliphatic heterocycles. The molecule has 0 aromatic carbocycles. The maximum Gasteiger partial charge on any atom is 0.331 e. The van der Waals surface area contributed by atoms with Crippen LogP contribution in [-0.4, -0.2) is 30.4 Å². The van der Waals surface area contributed by atoms with Gasteiger partial charge in [-0.15, -0.1) is 0 Å². The van der Waals surface area contributed by atoms with E-state index in [2.05, 4.69) is 0 Å². The van der Waals surface area contributed by atoms with Gasteiger partial charge in [-0.1, -0.05) is 0 Å². The zero-order valence-electron chi connectivity index (χ0n) is 11.2. The summed E-state index contributed by atoms with van der Waals surface area (Å²) < 4.78 is 10.2. The van der Waals surface area contributed by atoms with E-state index >= 15 is 0 Å². The summed E-state index contributed by atoms with van der Waals surface area (Å²) in [5, 5.41) is 0. The number of Topliss-reactive ketones (excluding diaryl/α,β-unsaturated/α-hetero) is 1. The standard InChI is InChI=1S/C14H18O5/c1-3-18-13(17)14(2)9(5-4-6-11(14)15)10-7-8-12(16)19-10/h7-10H,3-6H2,1-2H3/t9-,10-,14+/m1/s1. The van der Waals surface area contributed by atoms with Crippen LogP contribution in [0.3, 0.4) is 0 Å². The average Bonchev–Trinajstić information content (AvgIpc) is 2.79. The average molecular weight is 266 g/mol. The topological polar surface area (TPSA) is 69.7 Å². The van der Waals surface area contributed by atoms with Crippen molar-refractivity contribution in [1.29, 1.82) is 0 Å². The van der Waals surface area contributed by atoms with Crippen LogP contribution in [0.25, 0.3) is 0 Å². The van der Waals surface area contributed by atoms with Gasteiger partial charge in [0.2, 0.25) is 0 Å². The lowest BCUT2D eigenvalue weighted by Gasteiger charge is -2.39. The number of carbonyl (C=O) groups excluding carboxylic acids is 3. The van der Waals surface area contributed by atoms with Crippen molar-refractivity contribution in [1.82, 2.24) is 0 Å². The molecule has 0 bridgehead atoms. The molecule has 0 unspecified atom stereocenters. The number of hydrogen-bond acceptors (Lipinski definition) is 5. The summed E-state index contributed by atoms with van der Waals surface area (Å²) in [4.78, 5) is 35.6. The zero-order valence-corrected chi connectivity index (χ0v) is 11.2. The Kier molecular flexibility index (Phi) is 3.73. The third-order valence-corrected chi connectivity index (χ3v) is 4.01. The van der Waals surface area contributed by atoms with E-state index in [1.165, 1.54) is 6.08 Å². The Morgan fingerprint density at radius 2 is 2.26 bits per heavy atom. The molecule has 1 saturated carbocycles. The Labute approximate surface area is 111 Å². The molecule has 104 valence electrons. The number of ketones is 1. The molecule has 0 amide bonds. The molecular formula is C14H18O5. The van der Waals surface area contributed by atoms with Gasteiger partial charge in [0.25, 0.3) is 0 Å². The van der Waals surface area contributed by atoms with Gasteiger partial charge < -0.3 is 9.47 Å². The number of hydrogen-bond donors (Lipinski definition) is 0. The number of rotatable bonds is 3. The lowest BCUT2D eigenvalue weighted by atomic mass is 9.64. The monoisotopic (exact) mass is 266 g/mol. The molecule has 2 rings (SSSR count). The van der Waals surface area contributed by atoms with Crippen LogP contribution in [0, 0.1) is 11.3 Å². The van der Waals surface area contributed by atoms with E-state index in [0.29, 0.717) is 19.3 Å². The first-order chi connectivity index (χ1) is 9.00. The predicted molar refractivity (Wildman–Crippen MR) is 66.1 cm³/mol. The Balaban J connectivity index is 2.28. The van der Waals surface area contributed by atoms with E-state index in [-0.39, 0.29) is 18.3 Å². The second-order valence-corrected chi connectivity index (χ2v) is 5.11. The molecular weight excluding hydrogens is 248 g/mol.